The summed E-state index contributed by atoms with van der Waals surface area (Å²) in [5.41, 5.74) is 0.248. The molecule has 1 saturated carbocycles. The van der Waals surface area contributed by atoms with E-state index in [2.05, 4.69) is 15.1 Å². The summed E-state index contributed by atoms with van der Waals surface area (Å²) in [6.07, 6.45) is 7.36. The second-order valence-electron chi connectivity index (χ2n) is 4.65. The van der Waals surface area contributed by atoms with Gasteiger partial charge in [-0.1, -0.05) is 19.3 Å². The first-order valence-electron chi connectivity index (χ1n) is 6.55. The van der Waals surface area contributed by atoms with Crippen molar-refractivity contribution in [1.29, 1.82) is 0 Å². The highest BCUT2D eigenvalue weighted by molar-refractivity contribution is 5.93. The zero-order valence-corrected chi connectivity index (χ0v) is 10.7. The van der Waals surface area contributed by atoms with E-state index < -0.39 is 5.97 Å². The highest BCUT2D eigenvalue weighted by Gasteiger charge is 2.25. The Labute approximate surface area is 107 Å². The molecular formula is C13H19N3O2. The molecule has 1 N–H and O–H groups in total. The molecule has 1 aliphatic rings. The minimum atomic E-state index is -0.936. The molecular weight excluding hydrogens is 230 g/mol. The monoisotopic (exact) mass is 249 g/mol. The molecule has 0 unspecified atom stereocenters. The predicted octanol–water partition coefficient (Wildman–Crippen LogP) is 2.33. The van der Waals surface area contributed by atoms with Gasteiger partial charge in [0.15, 0.2) is 5.82 Å². The molecule has 0 radical (unpaired) electrons. The minimum absolute atomic E-state index is 0.248. The van der Waals surface area contributed by atoms with Crippen molar-refractivity contribution in [2.24, 2.45) is 0 Å². The summed E-state index contributed by atoms with van der Waals surface area (Å²) in [4.78, 5) is 13.3. The van der Waals surface area contributed by atoms with Crippen molar-refractivity contribution in [1.82, 2.24) is 10.2 Å². The van der Waals surface area contributed by atoms with Crippen LogP contribution in [-0.2, 0) is 0 Å². The van der Waals surface area contributed by atoms with Crippen molar-refractivity contribution in [2.45, 2.75) is 45.1 Å². The lowest BCUT2D eigenvalue weighted by Gasteiger charge is -2.34. The number of carboxylic acids is 1. The number of carbonyl (C=O) groups is 1. The first kappa shape index (κ1) is 12.8. The number of hydrogen-bond donors (Lipinski definition) is 1. The van der Waals surface area contributed by atoms with Crippen molar-refractivity contribution in [2.75, 3.05) is 11.4 Å². The Morgan fingerprint density at radius 1 is 1.44 bits per heavy atom. The van der Waals surface area contributed by atoms with Crippen LogP contribution in [0.3, 0.4) is 0 Å². The third-order valence-electron chi connectivity index (χ3n) is 3.56. The molecule has 0 atom stereocenters. The van der Waals surface area contributed by atoms with Gasteiger partial charge in [-0.05, 0) is 25.8 Å². The molecule has 0 bridgehead atoms. The van der Waals surface area contributed by atoms with Crippen LogP contribution in [0.1, 0.15) is 49.4 Å². The number of nitrogens with zero attached hydrogens (tertiary/aromatic N) is 3. The number of hydrogen-bond acceptors (Lipinski definition) is 4. The van der Waals surface area contributed by atoms with Crippen LogP contribution in [0.15, 0.2) is 12.3 Å². The van der Waals surface area contributed by atoms with Crippen molar-refractivity contribution >= 4 is 11.8 Å². The lowest BCUT2D eigenvalue weighted by atomic mass is 9.94. The third kappa shape index (κ3) is 2.60. The van der Waals surface area contributed by atoms with E-state index >= 15 is 0 Å². The van der Waals surface area contributed by atoms with Crippen molar-refractivity contribution < 1.29 is 9.90 Å². The maximum absolute atomic E-state index is 11.2. The maximum atomic E-state index is 11.2. The van der Waals surface area contributed by atoms with E-state index in [4.69, 9.17) is 0 Å². The molecule has 1 aromatic rings. The van der Waals surface area contributed by atoms with Gasteiger partial charge in [-0.15, -0.1) is 5.10 Å². The van der Waals surface area contributed by atoms with Crippen LogP contribution >= 0.6 is 0 Å². The fourth-order valence-corrected chi connectivity index (χ4v) is 2.68. The highest BCUT2D eigenvalue weighted by Crippen LogP contribution is 2.27. The van der Waals surface area contributed by atoms with E-state index in [0.717, 1.165) is 19.4 Å². The van der Waals surface area contributed by atoms with Gasteiger partial charge in [-0.3, -0.25) is 0 Å². The summed E-state index contributed by atoms with van der Waals surface area (Å²) in [5.74, 6) is -0.423. The van der Waals surface area contributed by atoms with Crippen LogP contribution < -0.4 is 4.90 Å². The number of rotatable bonds is 4. The smallest absolute Gasteiger partial charge is 0.339 e. The summed E-state index contributed by atoms with van der Waals surface area (Å²) in [6.45, 7) is 2.80. The quantitative estimate of drug-likeness (QED) is 0.887. The predicted molar refractivity (Wildman–Crippen MR) is 68.9 cm³/mol. The minimum Gasteiger partial charge on any atom is -0.478 e. The van der Waals surface area contributed by atoms with Crippen molar-refractivity contribution in [3.05, 3.63) is 17.8 Å². The molecule has 0 aliphatic heterocycles. The van der Waals surface area contributed by atoms with Crippen LogP contribution in [0.2, 0.25) is 0 Å². The van der Waals surface area contributed by atoms with Gasteiger partial charge in [-0.2, -0.15) is 5.10 Å². The fraction of sp³-hybridized carbons (Fsp3) is 0.615. The van der Waals surface area contributed by atoms with Gasteiger partial charge in [0, 0.05) is 12.6 Å². The second-order valence-corrected chi connectivity index (χ2v) is 4.65. The molecule has 2 rings (SSSR count). The molecule has 0 aromatic carbocycles. The molecule has 5 nitrogen and oxygen atoms in total. The summed E-state index contributed by atoms with van der Waals surface area (Å²) >= 11 is 0. The summed E-state index contributed by atoms with van der Waals surface area (Å²) in [5, 5.41) is 17.1. The standard InChI is InChI=1S/C13H19N3O2/c1-2-16(10-6-4-3-5-7-10)12-11(13(17)18)8-9-14-15-12/h8-10H,2-7H2,1H3,(H,17,18). The number of carboxylic acid groups (broad SMARTS) is 1. The molecule has 1 aromatic heterocycles. The SMILES string of the molecule is CCN(c1nnccc1C(=O)O)C1CCCCC1. The van der Waals surface area contributed by atoms with E-state index in [1.54, 1.807) is 0 Å². The van der Waals surface area contributed by atoms with Gasteiger partial charge in [0.05, 0.1) is 6.20 Å². The van der Waals surface area contributed by atoms with Crippen LogP contribution in [0.25, 0.3) is 0 Å². The summed E-state index contributed by atoms with van der Waals surface area (Å²) in [7, 11) is 0. The van der Waals surface area contributed by atoms with Crippen molar-refractivity contribution in [3.8, 4) is 0 Å². The lowest BCUT2D eigenvalue weighted by Crippen LogP contribution is -2.38. The van der Waals surface area contributed by atoms with Gasteiger partial charge < -0.3 is 10.0 Å². The van der Waals surface area contributed by atoms with Gasteiger partial charge in [0.1, 0.15) is 5.56 Å². The molecule has 1 fully saturated rings. The highest BCUT2D eigenvalue weighted by atomic mass is 16.4. The first-order chi connectivity index (χ1) is 8.74. The maximum Gasteiger partial charge on any atom is 0.339 e. The van der Waals surface area contributed by atoms with Gasteiger partial charge >= 0.3 is 5.97 Å². The Bertz CT molecular complexity index is 416. The Morgan fingerprint density at radius 2 is 2.17 bits per heavy atom. The zero-order chi connectivity index (χ0) is 13.0. The molecule has 18 heavy (non-hydrogen) atoms. The molecule has 5 heteroatoms. The van der Waals surface area contributed by atoms with Gasteiger partial charge in [-0.25, -0.2) is 4.79 Å². The average molecular weight is 249 g/mol. The topological polar surface area (TPSA) is 66.3 Å². The summed E-state index contributed by atoms with van der Waals surface area (Å²) < 4.78 is 0. The normalized spacial score (nSPS) is 16.5. The van der Waals surface area contributed by atoms with E-state index in [1.165, 1.54) is 31.5 Å². The van der Waals surface area contributed by atoms with Gasteiger partial charge in [0.25, 0.3) is 0 Å². The Hall–Kier alpha value is -1.65. The average Bonchev–Trinajstić information content (AvgIpc) is 2.41. The first-order valence-corrected chi connectivity index (χ1v) is 6.55. The van der Waals surface area contributed by atoms with Crippen molar-refractivity contribution in [3.63, 3.8) is 0 Å². The van der Waals surface area contributed by atoms with E-state index in [1.807, 2.05) is 6.92 Å². The molecule has 0 spiro atoms. The Balaban J connectivity index is 2.28. The molecule has 1 aliphatic carbocycles. The zero-order valence-electron chi connectivity index (χ0n) is 10.7. The number of anilines is 1. The van der Waals surface area contributed by atoms with Crippen LogP contribution in [0.4, 0.5) is 5.82 Å². The third-order valence-corrected chi connectivity index (χ3v) is 3.56. The Morgan fingerprint density at radius 3 is 2.78 bits per heavy atom. The second kappa shape index (κ2) is 5.80. The summed E-state index contributed by atoms with van der Waals surface area (Å²) in [6, 6.07) is 1.93. The van der Waals surface area contributed by atoms with E-state index in [9.17, 15) is 9.90 Å². The molecule has 98 valence electrons. The molecule has 1 heterocycles. The van der Waals surface area contributed by atoms with E-state index in [-0.39, 0.29) is 5.56 Å². The van der Waals surface area contributed by atoms with Crippen LogP contribution in [0.5, 0.6) is 0 Å². The molecule has 0 saturated heterocycles. The largest absolute Gasteiger partial charge is 0.478 e. The lowest BCUT2D eigenvalue weighted by molar-refractivity contribution is 0.0696. The Kier molecular flexibility index (Phi) is 4.12. The molecule has 0 amide bonds. The van der Waals surface area contributed by atoms with Crippen LogP contribution in [0, 0.1) is 0 Å². The van der Waals surface area contributed by atoms with Crippen LogP contribution in [-0.4, -0.2) is 33.9 Å². The van der Waals surface area contributed by atoms with E-state index in [0.29, 0.717) is 11.9 Å². The fourth-order valence-electron chi connectivity index (χ4n) is 2.68. The number of aromatic carboxylic acids is 1. The number of aromatic nitrogens is 2. The van der Waals surface area contributed by atoms with Gasteiger partial charge in [0.2, 0.25) is 0 Å².